The second-order valence-electron chi connectivity index (χ2n) is 10.2. The first kappa shape index (κ1) is 22.4. The predicted molar refractivity (Wildman–Crippen MR) is 125 cm³/mol. The molecule has 5 N–H and O–H groups in total. The average Bonchev–Trinajstić information content (AvgIpc) is 2.79. The number of hydrogen-bond donors (Lipinski definition) is 5. The first-order chi connectivity index (χ1) is 16.3. The minimum Gasteiger partial charge on any atom is -0.355 e. The van der Waals surface area contributed by atoms with Gasteiger partial charge in [-0.1, -0.05) is 6.07 Å². The fraction of sp³-hybridized carbons (Fsp3) is 0.542. The fourth-order valence-corrected chi connectivity index (χ4v) is 6.66. The van der Waals surface area contributed by atoms with E-state index in [4.69, 9.17) is 0 Å². The summed E-state index contributed by atoms with van der Waals surface area (Å²) in [5, 5.41) is 12.7. The van der Waals surface area contributed by atoms with Crippen LogP contribution in [-0.4, -0.2) is 41.0 Å². The molecular weight excluding hydrogens is 438 g/mol. The summed E-state index contributed by atoms with van der Waals surface area (Å²) < 4.78 is 0. The van der Waals surface area contributed by atoms with Gasteiger partial charge in [0.15, 0.2) is 0 Å². The molecule has 1 aromatic carbocycles. The van der Waals surface area contributed by atoms with Gasteiger partial charge in [0.1, 0.15) is 0 Å². The Labute approximate surface area is 195 Å². The number of fused-ring (bicyclic) bond motifs is 1. The van der Waals surface area contributed by atoms with Crippen molar-refractivity contribution in [1.82, 2.24) is 20.8 Å². The molecule has 0 aliphatic heterocycles. The highest BCUT2D eigenvalue weighted by Crippen LogP contribution is 2.60. The Balaban J connectivity index is 1.09. The molecule has 0 unspecified atom stereocenters. The molecule has 4 bridgehead atoms. The quantitative estimate of drug-likeness (QED) is 0.411. The highest BCUT2D eigenvalue weighted by molar-refractivity contribution is 6.02. The number of rotatable bonds is 7. The lowest BCUT2D eigenvalue weighted by Crippen LogP contribution is -2.53. The predicted octanol–water partition coefficient (Wildman–Crippen LogP) is 0.994. The molecule has 0 spiro atoms. The molecule has 1 heterocycles. The summed E-state index contributed by atoms with van der Waals surface area (Å²) in [6.07, 6.45) is 6.79. The van der Waals surface area contributed by atoms with Gasteiger partial charge in [-0.2, -0.15) is 0 Å². The second-order valence-corrected chi connectivity index (χ2v) is 10.2. The third-order valence-electron chi connectivity index (χ3n) is 7.70. The highest BCUT2D eigenvalue weighted by atomic mass is 16.2. The SMILES string of the molecule is O=C(CCNC(=O)C12CC3CC(CC(C3)C1)C2)NCC(=O)Nc1cccc2c(=O)[nH][nH]c(=O)c12. The number of hydrogen-bond acceptors (Lipinski definition) is 5. The zero-order chi connectivity index (χ0) is 23.9. The molecule has 0 atom stereocenters. The Morgan fingerprint density at radius 2 is 1.53 bits per heavy atom. The van der Waals surface area contributed by atoms with Crippen LogP contribution in [0.3, 0.4) is 0 Å². The van der Waals surface area contributed by atoms with Gasteiger partial charge in [-0.05, 0) is 68.4 Å². The maximum absolute atomic E-state index is 12.9. The molecule has 180 valence electrons. The molecule has 6 rings (SSSR count). The lowest BCUT2D eigenvalue weighted by molar-refractivity contribution is -0.146. The largest absolute Gasteiger partial charge is 0.355 e. The van der Waals surface area contributed by atoms with Crippen molar-refractivity contribution < 1.29 is 14.4 Å². The molecule has 10 nitrogen and oxygen atoms in total. The molecule has 0 saturated heterocycles. The maximum atomic E-state index is 12.9. The number of H-pyrrole nitrogens is 2. The topological polar surface area (TPSA) is 153 Å². The smallest absolute Gasteiger partial charge is 0.272 e. The van der Waals surface area contributed by atoms with E-state index < -0.39 is 17.0 Å². The molecule has 3 amide bonds. The first-order valence-electron chi connectivity index (χ1n) is 11.9. The number of anilines is 1. The molecule has 4 saturated carbocycles. The molecule has 34 heavy (non-hydrogen) atoms. The molecule has 2 aromatic rings. The third kappa shape index (κ3) is 4.24. The lowest BCUT2D eigenvalue weighted by Gasteiger charge is -2.55. The molecule has 4 fully saturated rings. The van der Waals surface area contributed by atoms with E-state index in [1.165, 1.54) is 31.4 Å². The molecule has 0 radical (unpaired) electrons. The molecule has 4 aliphatic carbocycles. The number of aromatic amines is 2. The van der Waals surface area contributed by atoms with E-state index in [9.17, 15) is 24.0 Å². The third-order valence-corrected chi connectivity index (χ3v) is 7.70. The van der Waals surface area contributed by atoms with Gasteiger partial charge in [0.05, 0.1) is 23.0 Å². The minimum atomic E-state index is -0.538. The van der Waals surface area contributed by atoms with Crippen LogP contribution in [0.4, 0.5) is 5.69 Å². The van der Waals surface area contributed by atoms with Gasteiger partial charge in [0.2, 0.25) is 17.7 Å². The van der Waals surface area contributed by atoms with E-state index in [0.717, 1.165) is 19.3 Å². The monoisotopic (exact) mass is 467 g/mol. The van der Waals surface area contributed by atoms with Crippen LogP contribution < -0.4 is 27.1 Å². The van der Waals surface area contributed by atoms with Gasteiger partial charge in [-0.3, -0.25) is 34.2 Å². The summed E-state index contributed by atoms with van der Waals surface area (Å²) in [7, 11) is 0. The van der Waals surface area contributed by atoms with Crippen molar-refractivity contribution in [1.29, 1.82) is 0 Å². The van der Waals surface area contributed by atoms with Crippen LogP contribution in [0.5, 0.6) is 0 Å². The maximum Gasteiger partial charge on any atom is 0.272 e. The number of carbonyl (C=O) groups is 3. The Morgan fingerprint density at radius 3 is 2.21 bits per heavy atom. The van der Waals surface area contributed by atoms with Gasteiger partial charge in [-0.25, -0.2) is 0 Å². The van der Waals surface area contributed by atoms with Crippen LogP contribution in [-0.2, 0) is 14.4 Å². The number of carbonyl (C=O) groups excluding carboxylic acids is 3. The standard InChI is InChI=1S/C24H29N5O5/c30-18(4-5-25-23(34)24-9-13-6-14(10-24)8-15(7-13)11-24)26-12-19(31)27-17-3-1-2-16-20(17)22(33)29-28-21(16)32/h1-3,13-15H,4-12H2,(H,25,34)(H,26,30)(H,27,31)(H,28,32)(H,29,33). The van der Waals surface area contributed by atoms with Crippen molar-refractivity contribution in [2.75, 3.05) is 18.4 Å². The first-order valence-corrected chi connectivity index (χ1v) is 11.9. The van der Waals surface area contributed by atoms with Crippen LogP contribution in [0.2, 0.25) is 0 Å². The summed E-state index contributed by atoms with van der Waals surface area (Å²) in [5.41, 5.74) is -1.07. The van der Waals surface area contributed by atoms with Gasteiger partial charge in [-0.15, -0.1) is 0 Å². The van der Waals surface area contributed by atoms with E-state index in [1.54, 1.807) is 6.07 Å². The lowest BCUT2D eigenvalue weighted by atomic mass is 9.49. The van der Waals surface area contributed by atoms with Crippen molar-refractivity contribution in [3.8, 4) is 0 Å². The second kappa shape index (κ2) is 8.73. The number of aromatic nitrogens is 2. The minimum absolute atomic E-state index is 0.0679. The normalized spacial score (nSPS) is 26.9. The van der Waals surface area contributed by atoms with Crippen molar-refractivity contribution >= 4 is 34.2 Å². The summed E-state index contributed by atoms with van der Waals surface area (Å²) in [6, 6.07) is 4.55. The van der Waals surface area contributed by atoms with Crippen molar-refractivity contribution in [3.05, 3.63) is 38.9 Å². The van der Waals surface area contributed by atoms with E-state index in [2.05, 4.69) is 26.1 Å². The van der Waals surface area contributed by atoms with Crippen LogP contribution in [0, 0.1) is 23.2 Å². The highest BCUT2D eigenvalue weighted by Gasteiger charge is 2.54. The van der Waals surface area contributed by atoms with Crippen LogP contribution >= 0.6 is 0 Å². The Hall–Kier alpha value is -3.43. The number of amides is 3. The zero-order valence-electron chi connectivity index (χ0n) is 18.9. The van der Waals surface area contributed by atoms with E-state index in [1.807, 2.05) is 0 Å². The molecule has 4 aliphatic rings. The van der Waals surface area contributed by atoms with Crippen LogP contribution in [0.15, 0.2) is 27.8 Å². The van der Waals surface area contributed by atoms with E-state index >= 15 is 0 Å². The van der Waals surface area contributed by atoms with Gasteiger partial charge in [0, 0.05) is 18.4 Å². The van der Waals surface area contributed by atoms with E-state index in [-0.39, 0.29) is 53.2 Å². The van der Waals surface area contributed by atoms with E-state index in [0.29, 0.717) is 17.8 Å². The number of benzene rings is 1. The number of nitrogens with one attached hydrogen (secondary N) is 5. The average molecular weight is 468 g/mol. The summed E-state index contributed by atoms with van der Waals surface area (Å²) >= 11 is 0. The van der Waals surface area contributed by atoms with Crippen LogP contribution in [0.25, 0.3) is 10.8 Å². The summed E-state index contributed by atoms with van der Waals surface area (Å²) in [4.78, 5) is 61.4. The molecule has 1 aromatic heterocycles. The summed E-state index contributed by atoms with van der Waals surface area (Å²) in [6.45, 7) is -0.0608. The van der Waals surface area contributed by atoms with Crippen molar-refractivity contribution in [2.24, 2.45) is 23.2 Å². The van der Waals surface area contributed by atoms with Gasteiger partial charge in [0.25, 0.3) is 11.1 Å². The Bertz CT molecular complexity index is 1230. The molecule has 10 heteroatoms. The Kier molecular flexibility index (Phi) is 5.75. The fourth-order valence-electron chi connectivity index (χ4n) is 6.66. The molecular formula is C24H29N5O5. The zero-order valence-corrected chi connectivity index (χ0v) is 18.9. The van der Waals surface area contributed by atoms with Crippen molar-refractivity contribution in [2.45, 2.75) is 44.9 Å². The van der Waals surface area contributed by atoms with Gasteiger partial charge < -0.3 is 16.0 Å². The van der Waals surface area contributed by atoms with Crippen LogP contribution in [0.1, 0.15) is 44.9 Å². The van der Waals surface area contributed by atoms with Gasteiger partial charge >= 0.3 is 0 Å². The Morgan fingerprint density at radius 1 is 0.882 bits per heavy atom. The van der Waals surface area contributed by atoms with Crippen molar-refractivity contribution in [3.63, 3.8) is 0 Å². The summed E-state index contributed by atoms with van der Waals surface area (Å²) in [5.74, 6) is 1.22.